The van der Waals surface area contributed by atoms with Gasteiger partial charge in [0.2, 0.25) is 5.91 Å². The van der Waals surface area contributed by atoms with Crippen LogP contribution in [0.4, 0.5) is 0 Å². The maximum absolute atomic E-state index is 11.7. The van der Waals surface area contributed by atoms with E-state index in [1.807, 2.05) is 79.7 Å². The summed E-state index contributed by atoms with van der Waals surface area (Å²) in [4.78, 5) is 11.7. The molecule has 0 bridgehead atoms. The topological polar surface area (TPSA) is 29.1 Å². The Hall–Kier alpha value is -2.61. The van der Waals surface area contributed by atoms with Crippen molar-refractivity contribution in [2.24, 2.45) is 0 Å². The number of nitrogens with one attached hydrogen (secondary N) is 1. The summed E-state index contributed by atoms with van der Waals surface area (Å²) >= 11 is 0. The molecule has 0 aliphatic carbocycles. The molecule has 0 radical (unpaired) electrons. The molecule has 0 spiro atoms. The summed E-state index contributed by atoms with van der Waals surface area (Å²) in [6.07, 6.45) is 5.44. The van der Waals surface area contributed by atoms with Gasteiger partial charge in [-0.3, -0.25) is 4.79 Å². The van der Waals surface area contributed by atoms with Crippen molar-refractivity contribution in [1.82, 2.24) is 5.32 Å². The van der Waals surface area contributed by atoms with Crippen LogP contribution in [-0.2, 0) is 11.3 Å². The molecule has 0 atom stereocenters. The van der Waals surface area contributed by atoms with Gasteiger partial charge in [0.05, 0.1) is 0 Å². The molecule has 0 aliphatic heterocycles. The van der Waals surface area contributed by atoms with Gasteiger partial charge in [0, 0.05) is 12.6 Å². The second kappa shape index (κ2) is 7.85. The highest BCUT2D eigenvalue weighted by Crippen LogP contribution is 2.06. The second-order valence-corrected chi connectivity index (χ2v) is 4.84. The molecule has 0 saturated heterocycles. The summed E-state index contributed by atoms with van der Waals surface area (Å²) in [5.41, 5.74) is 3.26. The third-order valence-electron chi connectivity index (χ3n) is 3.00. The highest BCUT2D eigenvalue weighted by molar-refractivity contribution is 5.88. The lowest BCUT2D eigenvalue weighted by Gasteiger charge is -2.01. The molecule has 21 heavy (non-hydrogen) atoms. The number of allylic oxidation sites excluding steroid dienone is 2. The monoisotopic (exact) mass is 277 g/mol. The first-order valence-corrected chi connectivity index (χ1v) is 6.97. The van der Waals surface area contributed by atoms with Gasteiger partial charge in [-0.25, -0.2) is 0 Å². The average Bonchev–Trinajstić information content (AvgIpc) is 2.53. The Bertz CT molecular complexity index is 627. The predicted molar refractivity (Wildman–Crippen MR) is 87.5 cm³/mol. The summed E-state index contributed by atoms with van der Waals surface area (Å²) in [6.45, 7) is 2.53. The fourth-order valence-electron chi connectivity index (χ4n) is 1.91. The molecule has 2 nitrogen and oxygen atoms in total. The zero-order chi connectivity index (χ0) is 14.9. The van der Waals surface area contributed by atoms with Gasteiger partial charge in [0.25, 0.3) is 0 Å². The Morgan fingerprint density at radius 3 is 2.24 bits per heavy atom. The van der Waals surface area contributed by atoms with E-state index in [2.05, 4.69) is 5.32 Å². The zero-order valence-electron chi connectivity index (χ0n) is 12.1. The Balaban J connectivity index is 1.86. The maximum atomic E-state index is 11.7. The number of carbonyl (C=O) groups is 1. The molecule has 0 unspecified atom stereocenters. The van der Waals surface area contributed by atoms with Gasteiger partial charge in [-0.1, -0.05) is 78.4 Å². The van der Waals surface area contributed by atoms with Crippen molar-refractivity contribution in [3.63, 3.8) is 0 Å². The molecule has 106 valence electrons. The van der Waals surface area contributed by atoms with Crippen LogP contribution in [0.5, 0.6) is 0 Å². The Kier molecular flexibility index (Phi) is 5.53. The normalized spacial score (nSPS) is 11.6. The van der Waals surface area contributed by atoms with E-state index in [0.29, 0.717) is 6.54 Å². The number of rotatable bonds is 5. The lowest BCUT2D eigenvalue weighted by Crippen LogP contribution is -2.20. The van der Waals surface area contributed by atoms with E-state index in [4.69, 9.17) is 0 Å². The minimum absolute atomic E-state index is 0.0836. The van der Waals surface area contributed by atoms with Crippen LogP contribution in [0.2, 0.25) is 0 Å². The number of amides is 1. The quantitative estimate of drug-likeness (QED) is 0.650. The van der Waals surface area contributed by atoms with Crippen molar-refractivity contribution in [3.05, 3.63) is 89.5 Å². The first kappa shape index (κ1) is 14.8. The third kappa shape index (κ3) is 5.49. The Morgan fingerprint density at radius 1 is 0.952 bits per heavy atom. The Labute approximate surface area is 125 Å². The minimum atomic E-state index is -0.0836. The van der Waals surface area contributed by atoms with Crippen molar-refractivity contribution in [2.45, 2.75) is 13.5 Å². The molecule has 2 rings (SSSR count). The lowest BCUT2D eigenvalue weighted by atomic mass is 10.1. The molecule has 0 aliphatic rings. The fraction of sp³-hybridized carbons (Fsp3) is 0.105. The molecule has 2 heteroatoms. The maximum Gasteiger partial charge on any atom is 0.244 e. The lowest BCUT2D eigenvalue weighted by molar-refractivity contribution is -0.116. The van der Waals surface area contributed by atoms with Crippen molar-refractivity contribution in [3.8, 4) is 0 Å². The second-order valence-electron chi connectivity index (χ2n) is 4.84. The van der Waals surface area contributed by atoms with E-state index in [9.17, 15) is 4.79 Å². The van der Waals surface area contributed by atoms with Gasteiger partial charge in [-0.05, 0) is 18.1 Å². The van der Waals surface area contributed by atoms with Crippen LogP contribution in [0.1, 0.15) is 18.1 Å². The number of hydrogen-bond donors (Lipinski definition) is 1. The predicted octanol–water partition coefficient (Wildman–Crippen LogP) is 3.96. The molecule has 1 N–H and O–H groups in total. The highest BCUT2D eigenvalue weighted by Gasteiger charge is 1.96. The van der Waals surface area contributed by atoms with Crippen LogP contribution in [0.3, 0.4) is 0 Å². The molecule has 1 amide bonds. The average molecular weight is 277 g/mol. The number of hydrogen-bond acceptors (Lipinski definition) is 1. The van der Waals surface area contributed by atoms with Crippen LogP contribution in [-0.4, -0.2) is 5.91 Å². The first-order chi connectivity index (χ1) is 10.2. The molecule has 0 heterocycles. The SMILES string of the molecule is CC(/C=C/C(=O)NCc1ccccc1)=C\c1ccccc1. The zero-order valence-corrected chi connectivity index (χ0v) is 12.1. The fourth-order valence-corrected chi connectivity index (χ4v) is 1.91. The van der Waals surface area contributed by atoms with Crippen LogP contribution in [0.15, 0.2) is 78.4 Å². The van der Waals surface area contributed by atoms with Crippen molar-refractivity contribution < 1.29 is 4.79 Å². The standard InChI is InChI=1S/C19H19NO/c1-16(14-17-8-4-2-5-9-17)12-13-19(21)20-15-18-10-6-3-7-11-18/h2-14H,15H2,1H3,(H,20,21)/b13-12+,16-14+. The van der Waals surface area contributed by atoms with Gasteiger partial charge in [-0.15, -0.1) is 0 Å². The molecule has 0 fully saturated rings. The van der Waals surface area contributed by atoms with E-state index >= 15 is 0 Å². The van der Waals surface area contributed by atoms with Gasteiger partial charge in [-0.2, -0.15) is 0 Å². The van der Waals surface area contributed by atoms with Crippen molar-refractivity contribution in [1.29, 1.82) is 0 Å². The molecule has 0 aromatic heterocycles. The van der Waals surface area contributed by atoms with Gasteiger partial charge >= 0.3 is 0 Å². The van der Waals surface area contributed by atoms with Crippen LogP contribution >= 0.6 is 0 Å². The van der Waals surface area contributed by atoms with E-state index in [-0.39, 0.29) is 5.91 Å². The first-order valence-electron chi connectivity index (χ1n) is 6.97. The number of carbonyl (C=O) groups excluding carboxylic acids is 1. The summed E-state index contributed by atoms with van der Waals surface area (Å²) in [6, 6.07) is 19.9. The summed E-state index contributed by atoms with van der Waals surface area (Å²) in [7, 11) is 0. The van der Waals surface area contributed by atoms with Gasteiger partial charge in [0.1, 0.15) is 0 Å². The van der Waals surface area contributed by atoms with Crippen molar-refractivity contribution in [2.75, 3.05) is 0 Å². The smallest absolute Gasteiger partial charge is 0.244 e. The van der Waals surface area contributed by atoms with E-state index in [1.165, 1.54) is 0 Å². The third-order valence-corrected chi connectivity index (χ3v) is 3.00. The molecular formula is C19H19NO. The highest BCUT2D eigenvalue weighted by atomic mass is 16.1. The van der Waals surface area contributed by atoms with Crippen LogP contribution in [0, 0.1) is 0 Å². The Morgan fingerprint density at radius 2 is 1.57 bits per heavy atom. The van der Waals surface area contributed by atoms with E-state index < -0.39 is 0 Å². The molecule has 2 aromatic rings. The van der Waals surface area contributed by atoms with Crippen LogP contribution in [0.25, 0.3) is 6.08 Å². The van der Waals surface area contributed by atoms with Crippen molar-refractivity contribution >= 4 is 12.0 Å². The van der Waals surface area contributed by atoms with Gasteiger partial charge < -0.3 is 5.32 Å². The summed E-state index contributed by atoms with van der Waals surface area (Å²) < 4.78 is 0. The van der Waals surface area contributed by atoms with E-state index in [0.717, 1.165) is 16.7 Å². The molecule has 2 aromatic carbocycles. The minimum Gasteiger partial charge on any atom is -0.348 e. The largest absolute Gasteiger partial charge is 0.348 e. The summed E-state index contributed by atoms with van der Waals surface area (Å²) in [5.74, 6) is -0.0836. The van der Waals surface area contributed by atoms with Gasteiger partial charge in [0.15, 0.2) is 0 Å². The van der Waals surface area contributed by atoms with E-state index in [1.54, 1.807) is 6.08 Å². The van der Waals surface area contributed by atoms with Crippen LogP contribution < -0.4 is 5.32 Å². The molecular weight excluding hydrogens is 258 g/mol. The summed E-state index contributed by atoms with van der Waals surface area (Å²) in [5, 5.41) is 2.87. The number of benzene rings is 2. The molecule has 0 saturated carbocycles.